The van der Waals surface area contributed by atoms with Crippen LogP contribution in [-0.2, 0) is 0 Å². The molecule has 0 spiro atoms. The molecule has 120 valence electrons. The van der Waals surface area contributed by atoms with Gasteiger partial charge in [-0.25, -0.2) is 15.4 Å². The van der Waals surface area contributed by atoms with Crippen molar-refractivity contribution >= 4 is 34.2 Å². The minimum absolute atomic E-state index is 0.723. The van der Waals surface area contributed by atoms with Crippen molar-refractivity contribution in [3.63, 3.8) is 0 Å². The van der Waals surface area contributed by atoms with Gasteiger partial charge in [0.15, 0.2) is 11.5 Å². The third kappa shape index (κ3) is 2.70. The zero-order chi connectivity index (χ0) is 16.4. The van der Waals surface area contributed by atoms with Gasteiger partial charge >= 0.3 is 0 Å². The van der Waals surface area contributed by atoms with Crippen molar-refractivity contribution in [3.8, 4) is 11.3 Å². The van der Waals surface area contributed by atoms with E-state index in [0.29, 0.717) is 0 Å². The van der Waals surface area contributed by atoms with Crippen molar-refractivity contribution in [2.45, 2.75) is 0 Å². The predicted octanol–water partition coefficient (Wildman–Crippen LogP) is 3.75. The Labute approximate surface area is 143 Å². The average molecular weight is 336 g/mol. The van der Waals surface area contributed by atoms with Crippen molar-refractivity contribution in [1.29, 1.82) is 0 Å². The van der Waals surface area contributed by atoms with Crippen LogP contribution in [0.3, 0.4) is 0 Å². The molecule has 6 nitrogen and oxygen atoms in total. The zero-order valence-corrected chi connectivity index (χ0v) is 13.8. The molecule has 0 aliphatic carbocycles. The third-order valence-electron chi connectivity index (χ3n) is 3.64. The summed E-state index contributed by atoms with van der Waals surface area (Å²) in [5.74, 6) is 0.723. The number of fused-ring (bicyclic) bond motifs is 1. The van der Waals surface area contributed by atoms with Gasteiger partial charge in [0.1, 0.15) is 0 Å². The van der Waals surface area contributed by atoms with E-state index < -0.39 is 0 Å². The van der Waals surface area contributed by atoms with Gasteiger partial charge in [-0.05, 0) is 29.6 Å². The first kappa shape index (κ1) is 14.7. The summed E-state index contributed by atoms with van der Waals surface area (Å²) in [4.78, 5) is 8.99. The number of hydrogen-bond donors (Lipinski definition) is 3. The Morgan fingerprint density at radius 1 is 1.12 bits per heavy atom. The van der Waals surface area contributed by atoms with E-state index in [0.717, 1.165) is 34.1 Å². The fraction of sp³-hybridized carbons (Fsp3) is 0.0588. The molecule has 0 bridgehead atoms. The van der Waals surface area contributed by atoms with Crippen LogP contribution in [0.4, 0.5) is 17.2 Å². The maximum atomic E-state index is 4.54. The number of rotatable bonds is 5. The number of anilines is 3. The van der Waals surface area contributed by atoms with Crippen molar-refractivity contribution in [3.05, 3.63) is 59.7 Å². The molecule has 0 fully saturated rings. The molecule has 0 atom stereocenters. The molecule has 0 radical (unpaired) electrons. The van der Waals surface area contributed by atoms with Gasteiger partial charge in [0.25, 0.3) is 0 Å². The predicted molar refractivity (Wildman–Crippen MR) is 98.7 cm³/mol. The maximum Gasteiger partial charge on any atom is 0.180 e. The highest BCUT2D eigenvalue weighted by Crippen LogP contribution is 2.27. The van der Waals surface area contributed by atoms with Gasteiger partial charge in [0, 0.05) is 36.1 Å². The Morgan fingerprint density at radius 2 is 2.04 bits per heavy atom. The number of benzene rings is 1. The minimum Gasteiger partial charge on any atom is -0.337 e. The molecule has 0 unspecified atom stereocenters. The smallest absolute Gasteiger partial charge is 0.180 e. The fourth-order valence-electron chi connectivity index (χ4n) is 2.59. The first-order chi connectivity index (χ1) is 11.8. The Morgan fingerprint density at radius 3 is 2.88 bits per heavy atom. The maximum absolute atomic E-state index is 4.54. The second-order valence-corrected chi connectivity index (χ2v) is 5.99. The van der Waals surface area contributed by atoms with Crippen molar-refractivity contribution in [1.82, 2.24) is 19.8 Å². The first-order valence-electron chi connectivity index (χ1n) is 7.49. The summed E-state index contributed by atoms with van der Waals surface area (Å²) in [5.41, 5.74) is 10.9. The molecule has 0 saturated heterocycles. The lowest BCUT2D eigenvalue weighted by Crippen LogP contribution is -2.14. The molecule has 24 heavy (non-hydrogen) atoms. The topological polar surface area (TPSA) is 66.3 Å². The van der Waals surface area contributed by atoms with Crippen molar-refractivity contribution < 1.29 is 0 Å². The van der Waals surface area contributed by atoms with Crippen molar-refractivity contribution in [2.75, 3.05) is 17.8 Å². The fourth-order valence-corrected chi connectivity index (χ4v) is 3.24. The molecule has 0 aliphatic rings. The van der Waals surface area contributed by atoms with Crippen LogP contribution < -0.4 is 16.2 Å². The molecule has 0 saturated carbocycles. The van der Waals surface area contributed by atoms with Gasteiger partial charge < -0.3 is 10.7 Å². The summed E-state index contributed by atoms with van der Waals surface area (Å²) in [6.45, 7) is 0. The molecule has 0 aliphatic heterocycles. The second-order valence-electron chi connectivity index (χ2n) is 5.21. The van der Waals surface area contributed by atoms with E-state index in [1.54, 1.807) is 17.5 Å². The van der Waals surface area contributed by atoms with E-state index in [4.69, 9.17) is 0 Å². The Hall–Kier alpha value is -2.90. The highest BCUT2D eigenvalue weighted by molar-refractivity contribution is 7.08. The van der Waals surface area contributed by atoms with Crippen LogP contribution in [0.25, 0.3) is 16.9 Å². The number of hydrogen-bond acceptors (Lipinski definition) is 6. The van der Waals surface area contributed by atoms with Crippen LogP contribution in [0.2, 0.25) is 0 Å². The van der Waals surface area contributed by atoms with Gasteiger partial charge in [-0.3, -0.25) is 4.40 Å². The molecular weight excluding hydrogens is 320 g/mol. The third-order valence-corrected chi connectivity index (χ3v) is 4.32. The highest BCUT2D eigenvalue weighted by Gasteiger charge is 2.10. The summed E-state index contributed by atoms with van der Waals surface area (Å²) >= 11 is 1.67. The summed E-state index contributed by atoms with van der Waals surface area (Å²) in [5, 5.41) is 7.52. The monoisotopic (exact) mass is 336 g/mol. The Kier molecular flexibility index (Phi) is 3.86. The molecule has 1 aromatic carbocycles. The lowest BCUT2D eigenvalue weighted by atomic mass is 10.2. The molecule has 4 rings (SSSR count). The van der Waals surface area contributed by atoms with Crippen LogP contribution in [0, 0.1) is 0 Å². The van der Waals surface area contributed by atoms with Crippen LogP contribution in [0.15, 0.2) is 59.7 Å². The van der Waals surface area contributed by atoms with Gasteiger partial charge in [-0.15, -0.1) is 0 Å². The number of thiophene rings is 1. The summed E-state index contributed by atoms with van der Waals surface area (Å²) < 4.78 is 2.05. The molecule has 7 heteroatoms. The number of aromatic nitrogens is 3. The lowest BCUT2D eigenvalue weighted by molar-refractivity contribution is 0.984. The quantitative estimate of drug-likeness (QED) is 0.484. The normalized spacial score (nSPS) is 10.9. The minimum atomic E-state index is 0.723. The van der Waals surface area contributed by atoms with E-state index in [-0.39, 0.29) is 0 Å². The van der Waals surface area contributed by atoms with E-state index in [9.17, 15) is 0 Å². The number of imidazole rings is 1. The molecule has 3 N–H and O–H groups in total. The van der Waals surface area contributed by atoms with E-state index >= 15 is 0 Å². The molecule has 0 amide bonds. The molecular formula is C17H16N6S. The molecule has 3 heterocycles. The SMILES string of the molecule is CNNc1cccc(Nc2nccn3c(-c4ccsc4)cnc23)c1. The van der Waals surface area contributed by atoms with Crippen molar-refractivity contribution in [2.24, 2.45) is 0 Å². The van der Waals surface area contributed by atoms with E-state index in [1.807, 2.05) is 48.1 Å². The number of nitrogens with one attached hydrogen (secondary N) is 3. The van der Waals surface area contributed by atoms with Crippen LogP contribution in [0.5, 0.6) is 0 Å². The van der Waals surface area contributed by atoms with E-state index in [1.165, 1.54) is 0 Å². The number of nitrogens with zero attached hydrogens (tertiary/aromatic N) is 3. The Balaban J connectivity index is 1.71. The summed E-state index contributed by atoms with van der Waals surface area (Å²) in [6.07, 6.45) is 5.59. The van der Waals surface area contributed by atoms with Crippen LogP contribution in [-0.4, -0.2) is 21.4 Å². The van der Waals surface area contributed by atoms with Crippen LogP contribution in [0.1, 0.15) is 0 Å². The summed E-state index contributed by atoms with van der Waals surface area (Å²) in [6, 6.07) is 10.1. The zero-order valence-electron chi connectivity index (χ0n) is 13.0. The molecule has 3 aromatic heterocycles. The standard InChI is InChI=1S/C17H16N6S/c1-18-22-14-4-2-3-13(9-14)21-16-17-20-10-15(12-5-8-24-11-12)23(17)7-6-19-16/h2-11,18,22H,1H3,(H,19,21). The van der Waals surface area contributed by atoms with Gasteiger partial charge in [-0.2, -0.15) is 11.3 Å². The average Bonchev–Trinajstić information content (AvgIpc) is 3.25. The molecule has 4 aromatic rings. The second kappa shape index (κ2) is 6.31. The largest absolute Gasteiger partial charge is 0.337 e. The van der Waals surface area contributed by atoms with Gasteiger partial charge in [-0.1, -0.05) is 6.07 Å². The highest BCUT2D eigenvalue weighted by atomic mass is 32.1. The summed E-state index contributed by atoms with van der Waals surface area (Å²) in [7, 11) is 1.83. The first-order valence-corrected chi connectivity index (χ1v) is 8.44. The van der Waals surface area contributed by atoms with Gasteiger partial charge in [0.2, 0.25) is 0 Å². The van der Waals surface area contributed by atoms with Crippen LogP contribution >= 0.6 is 11.3 Å². The number of hydrazine groups is 1. The Bertz CT molecular complexity index is 960. The lowest BCUT2D eigenvalue weighted by Gasteiger charge is -2.10. The van der Waals surface area contributed by atoms with Gasteiger partial charge in [0.05, 0.1) is 17.6 Å². The van der Waals surface area contributed by atoms with E-state index in [2.05, 4.69) is 43.0 Å².